The van der Waals surface area contributed by atoms with Gasteiger partial charge in [-0.15, -0.1) is 6.58 Å². The monoisotopic (exact) mass is 379 g/mol. The highest BCUT2D eigenvalue weighted by Gasteiger charge is 2.53. The quantitative estimate of drug-likeness (QED) is 0.746. The predicted molar refractivity (Wildman–Crippen MR) is 105 cm³/mol. The highest BCUT2D eigenvalue weighted by atomic mass is 16.6. The van der Waals surface area contributed by atoms with Crippen molar-refractivity contribution in [1.82, 2.24) is 14.9 Å². The van der Waals surface area contributed by atoms with Crippen LogP contribution in [0.5, 0.6) is 5.75 Å². The van der Waals surface area contributed by atoms with E-state index in [-0.39, 0.29) is 24.0 Å². The van der Waals surface area contributed by atoms with Gasteiger partial charge in [-0.1, -0.05) is 24.3 Å². The van der Waals surface area contributed by atoms with Crippen molar-refractivity contribution in [3.05, 3.63) is 66.8 Å². The fourth-order valence-electron chi connectivity index (χ4n) is 4.25. The van der Waals surface area contributed by atoms with Gasteiger partial charge in [0.05, 0.1) is 11.7 Å². The Kier molecular flexibility index (Phi) is 4.89. The molecule has 6 heteroatoms. The Labute approximate surface area is 165 Å². The smallest absolute Gasteiger partial charge is 0.229 e. The van der Waals surface area contributed by atoms with Crippen LogP contribution in [0.25, 0.3) is 0 Å². The number of ether oxygens (including phenoxy) is 2. The second-order valence-electron chi connectivity index (χ2n) is 7.73. The molecule has 0 bridgehead atoms. The summed E-state index contributed by atoms with van der Waals surface area (Å²) in [4.78, 5) is 24.1. The molecule has 2 aromatic rings. The van der Waals surface area contributed by atoms with Crippen LogP contribution in [-0.2, 0) is 16.0 Å². The molecule has 1 amide bonds. The maximum absolute atomic E-state index is 13.7. The first kappa shape index (κ1) is 18.6. The molecule has 6 nitrogen and oxygen atoms in total. The molecule has 0 saturated carbocycles. The molecule has 28 heavy (non-hydrogen) atoms. The van der Waals surface area contributed by atoms with Crippen molar-refractivity contribution in [2.24, 2.45) is 5.92 Å². The fourth-order valence-corrected chi connectivity index (χ4v) is 4.25. The Morgan fingerprint density at radius 3 is 2.96 bits per heavy atom. The average molecular weight is 379 g/mol. The summed E-state index contributed by atoms with van der Waals surface area (Å²) >= 11 is 0. The number of carbonyl (C=O) groups excluding carboxylic acids is 1. The standard InChI is InChI=1S/C22H25N3O3/c1-4-7-15(12-16-13-23-10-11-24-16)21(26)25-20-17-8-5-6-9-18(17)27-14-19(20)28-22(25,2)3/h4-6,8-11,13,15,19-20H,1,7,12,14H2,2-3H3/t15-,19+,20-/m0/s1. The fraction of sp³-hybridized carbons (Fsp3) is 0.409. The summed E-state index contributed by atoms with van der Waals surface area (Å²) in [6, 6.07) is 7.71. The zero-order valence-corrected chi connectivity index (χ0v) is 16.2. The van der Waals surface area contributed by atoms with Crippen molar-refractivity contribution in [3.63, 3.8) is 0 Å². The molecule has 3 heterocycles. The molecule has 1 fully saturated rings. The molecule has 1 aromatic heterocycles. The van der Waals surface area contributed by atoms with Crippen LogP contribution in [0.2, 0.25) is 0 Å². The number of carbonyl (C=O) groups is 1. The average Bonchev–Trinajstić information content (AvgIpc) is 2.98. The van der Waals surface area contributed by atoms with Crippen molar-refractivity contribution in [2.45, 2.75) is 44.6 Å². The van der Waals surface area contributed by atoms with Gasteiger partial charge in [0.15, 0.2) is 0 Å². The third kappa shape index (κ3) is 3.29. The van der Waals surface area contributed by atoms with E-state index in [4.69, 9.17) is 9.47 Å². The molecule has 1 saturated heterocycles. The van der Waals surface area contributed by atoms with Crippen LogP contribution in [0.15, 0.2) is 55.5 Å². The van der Waals surface area contributed by atoms with Gasteiger partial charge >= 0.3 is 0 Å². The molecule has 2 aliphatic heterocycles. The minimum atomic E-state index is -0.727. The van der Waals surface area contributed by atoms with E-state index in [1.165, 1.54) is 0 Å². The third-order valence-electron chi connectivity index (χ3n) is 5.40. The summed E-state index contributed by atoms with van der Waals surface area (Å²) < 4.78 is 12.1. The normalized spacial score (nSPS) is 23.3. The lowest BCUT2D eigenvalue weighted by Gasteiger charge is -2.37. The summed E-state index contributed by atoms with van der Waals surface area (Å²) in [5, 5.41) is 0. The molecular formula is C22H25N3O3. The number of rotatable bonds is 5. The minimum absolute atomic E-state index is 0.0414. The molecule has 0 N–H and O–H groups in total. The van der Waals surface area contributed by atoms with Crippen LogP contribution in [0, 0.1) is 5.92 Å². The summed E-state index contributed by atoms with van der Waals surface area (Å²) in [7, 11) is 0. The Morgan fingerprint density at radius 1 is 1.39 bits per heavy atom. The van der Waals surface area contributed by atoms with Gasteiger partial charge in [0.1, 0.15) is 24.2 Å². The first-order valence-electron chi connectivity index (χ1n) is 9.60. The molecule has 1 aromatic carbocycles. The van der Waals surface area contributed by atoms with E-state index in [9.17, 15) is 4.79 Å². The van der Waals surface area contributed by atoms with Crippen LogP contribution in [0.3, 0.4) is 0 Å². The van der Waals surface area contributed by atoms with Crippen molar-refractivity contribution in [3.8, 4) is 5.75 Å². The largest absolute Gasteiger partial charge is 0.490 e. The van der Waals surface area contributed by atoms with Crippen LogP contribution in [-0.4, -0.2) is 39.2 Å². The SMILES string of the molecule is C=CC[C@@H](Cc1cnccn1)C(=O)N1[C@H]2c3ccccc3OC[C@H]2OC1(C)C. The Hall–Kier alpha value is -2.73. The first-order chi connectivity index (χ1) is 13.5. The number of fused-ring (bicyclic) bond motifs is 3. The zero-order chi connectivity index (χ0) is 19.7. The Bertz CT molecular complexity index is 868. The Balaban J connectivity index is 1.68. The molecular weight excluding hydrogens is 354 g/mol. The van der Waals surface area contributed by atoms with Crippen molar-refractivity contribution in [2.75, 3.05) is 6.61 Å². The van der Waals surface area contributed by atoms with Crippen molar-refractivity contribution < 1.29 is 14.3 Å². The Morgan fingerprint density at radius 2 is 2.21 bits per heavy atom. The maximum atomic E-state index is 13.7. The molecule has 146 valence electrons. The molecule has 4 rings (SSSR count). The number of nitrogens with zero attached hydrogens (tertiary/aromatic N) is 3. The first-order valence-corrected chi connectivity index (χ1v) is 9.60. The van der Waals surface area contributed by atoms with Gasteiger partial charge in [-0.2, -0.15) is 0 Å². The highest BCUT2D eigenvalue weighted by molar-refractivity contribution is 5.81. The summed E-state index contributed by atoms with van der Waals surface area (Å²) in [5.41, 5.74) is 1.06. The van der Waals surface area contributed by atoms with Gasteiger partial charge < -0.3 is 14.4 Å². The van der Waals surface area contributed by atoms with Gasteiger partial charge in [0.25, 0.3) is 0 Å². The number of hydrogen-bond donors (Lipinski definition) is 0. The maximum Gasteiger partial charge on any atom is 0.229 e. The third-order valence-corrected chi connectivity index (χ3v) is 5.40. The predicted octanol–water partition coefficient (Wildman–Crippen LogP) is 3.31. The molecule has 0 radical (unpaired) electrons. The van der Waals surface area contributed by atoms with E-state index in [0.29, 0.717) is 19.4 Å². The molecule has 0 unspecified atom stereocenters. The van der Waals surface area contributed by atoms with Crippen LogP contribution in [0.4, 0.5) is 0 Å². The van der Waals surface area contributed by atoms with E-state index in [1.807, 2.05) is 43.0 Å². The van der Waals surface area contributed by atoms with Crippen molar-refractivity contribution >= 4 is 5.91 Å². The van der Waals surface area contributed by atoms with E-state index in [0.717, 1.165) is 17.0 Å². The van der Waals surface area contributed by atoms with E-state index < -0.39 is 5.72 Å². The second-order valence-corrected chi connectivity index (χ2v) is 7.73. The van der Waals surface area contributed by atoms with Crippen LogP contribution >= 0.6 is 0 Å². The van der Waals surface area contributed by atoms with Gasteiger partial charge in [0.2, 0.25) is 5.91 Å². The molecule has 3 atom stereocenters. The molecule has 0 aliphatic carbocycles. The lowest BCUT2D eigenvalue weighted by molar-refractivity contribution is -0.152. The number of hydrogen-bond acceptors (Lipinski definition) is 5. The number of allylic oxidation sites excluding steroid dienone is 1. The summed E-state index contributed by atoms with van der Waals surface area (Å²) in [6.07, 6.45) is 7.68. The van der Waals surface area contributed by atoms with E-state index in [2.05, 4.69) is 16.5 Å². The highest BCUT2D eigenvalue weighted by Crippen LogP contribution is 2.47. The molecule has 2 aliphatic rings. The van der Waals surface area contributed by atoms with Gasteiger partial charge in [0, 0.05) is 36.5 Å². The van der Waals surface area contributed by atoms with Gasteiger partial charge in [-0.05, 0) is 26.3 Å². The van der Waals surface area contributed by atoms with Crippen molar-refractivity contribution in [1.29, 1.82) is 0 Å². The topological polar surface area (TPSA) is 64.6 Å². The lowest BCUT2D eigenvalue weighted by Crippen LogP contribution is -2.48. The molecule has 0 spiro atoms. The van der Waals surface area contributed by atoms with E-state index in [1.54, 1.807) is 24.7 Å². The summed E-state index contributed by atoms with van der Waals surface area (Å²) in [6.45, 7) is 8.17. The number of para-hydroxylation sites is 1. The zero-order valence-electron chi connectivity index (χ0n) is 16.2. The van der Waals surface area contributed by atoms with Crippen LogP contribution in [0.1, 0.15) is 37.6 Å². The van der Waals surface area contributed by atoms with E-state index >= 15 is 0 Å². The number of aromatic nitrogens is 2. The van der Waals surface area contributed by atoms with Gasteiger partial charge in [-0.3, -0.25) is 14.8 Å². The second kappa shape index (κ2) is 7.36. The summed E-state index contributed by atoms with van der Waals surface area (Å²) in [5.74, 6) is 0.586. The van der Waals surface area contributed by atoms with Gasteiger partial charge in [-0.25, -0.2) is 0 Å². The minimum Gasteiger partial charge on any atom is -0.490 e. The number of amides is 1. The number of benzene rings is 1. The lowest BCUT2D eigenvalue weighted by atomic mass is 9.92. The van der Waals surface area contributed by atoms with Crippen LogP contribution < -0.4 is 4.74 Å².